The minimum absolute atomic E-state index is 0.221. The first-order chi connectivity index (χ1) is 9.61. The Bertz CT molecular complexity index is 610. The molecule has 0 saturated heterocycles. The second-order valence-electron chi connectivity index (χ2n) is 4.32. The van der Waals surface area contributed by atoms with Crippen LogP contribution in [0.4, 0.5) is 0 Å². The highest BCUT2D eigenvalue weighted by Crippen LogP contribution is 2.23. The third-order valence-electron chi connectivity index (χ3n) is 2.96. The molecule has 0 aliphatic heterocycles. The number of phenolic OH excluding ortho intramolecular Hbond substituents is 1. The number of hydrogen-bond donors (Lipinski definition) is 1. The number of hydrogen-bond acceptors (Lipinski definition) is 3. The summed E-state index contributed by atoms with van der Waals surface area (Å²) in [5, 5.41) is 9.28. The molecule has 0 atom stereocenters. The molecule has 0 bridgehead atoms. The fraction of sp³-hybridized carbons (Fsp3) is 0.118. The van der Waals surface area contributed by atoms with Crippen molar-refractivity contribution in [3.8, 4) is 5.75 Å². The van der Waals surface area contributed by atoms with Crippen LogP contribution < -0.4 is 0 Å². The van der Waals surface area contributed by atoms with Gasteiger partial charge in [-0.05, 0) is 47.9 Å². The van der Waals surface area contributed by atoms with Crippen LogP contribution >= 0.6 is 0 Å². The molecule has 2 aromatic carbocycles. The third kappa shape index (κ3) is 3.06. The van der Waals surface area contributed by atoms with Gasteiger partial charge in [0.15, 0.2) is 0 Å². The number of benzene rings is 2. The number of aromatic hydroxyl groups is 1. The molecule has 0 heterocycles. The molecule has 20 heavy (non-hydrogen) atoms. The van der Waals surface area contributed by atoms with Crippen molar-refractivity contribution in [2.24, 2.45) is 0 Å². The van der Waals surface area contributed by atoms with Gasteiger partial charge in [-0.2, -0.15) is 0 Å². The van der Waals surface area contributed by atoms with Gasteiger partial charge in [0.05, 0.1) is 12.2 Å². The predicted octanol–water partition coefficient (Wildman–Crippen LogP) is 3.63. The first-order valence-corrected chi connectivity index (χ1v) is 6.37. The van der Waals surface area contributed by atoms with E-state index < -0.39 is 0 Å². The summed E-state index contributed by atoms with van der Waals surface area (Å²) in [6, 6.07) is 14.0. The van der Waals surface area contributed by atoms with Crippen LogP contribution in [0.5, 0.6) is 5.75 Å². The molecule has 0 aromatic heterocycles. The van der Waals surface area contributed by atoms with Gasteiger partial charge in [0.1, 0.15) is 5.75 Å². The van der Waals surface area contributed by atoms with Gasteiger partial charge in [0.2, 0.25) is 0 Å². The molecule has 2 rings (SSSR count). The SMILES string of the molecule is C=C(c1ccc(O)cc1)c1ccc(C(=O)OCC)cc1. The second kappa shape index (κ2) is 6.06. The molecule has 0 amide bonds. The fourth-order valence-electron chi connectivity index (χ4n) is 1.85. The van der Waals surface area contributed by atoms with Crippen LogP contribution in [0.2, 0.25) is 0 Å². The maximum atomic E-state index is 11.6. The molecular weight excluding hydrogens is 252 g/mol. The summed E-state index contributed by atoms with van der Waals surface area (Å²) in [4.78, 5) is 11.6. The van der Waals surface area contributed by atoms with E-state index in [9.17, 15) is 9.90 Å². The van der Waals surface area contributed by atoms with Gasteiger partial charge in [-0.25, -0.2) is 4.79 Å². The van der Waals surface area contributed by atoms with Crippen molar-refractivity contribution >= 4 is 11.5 Å². The molecule has 0 unspecified atom stereocenters. The van der Waals surface area contributed by atoms with Crippen molar-refractivity contribution in [2.45, 2.75) is 6.92 Å². The van der Waals surface area contributed by atoms with Crippen LogP contribution in [0.15, 0.2) is 55.1 Å². The van der Waals surface area contributed by atoms with Gasteiger partial charge < -0.3 is 9.84 Å². The third-order valence-corrected chi connectivity index (χ3v) is 2.96. The highest BCUT2D eigenvalue weighted by Gasteiger charge is 2.07. The van der Waals surface area contributed by atoms with E-state index in [4.69, 9.17) is 4.74 Å². The van der Waals surface area contributed by atoms with E-state index in [0.717, 1.165) is 16.7 Å². The average Bonchev–Trinajstić information content (AvgIpc) is 2.48. The van der Waals surface area contributed by atoms with E-state index >= 15 is 0 Å². The zero-order valence-electron chi connectivity index (χ0n) is 11.3. The maximum absolute atomic E-state index is 11.6. The minimum Gasteiger partial charge on any atom is -0.508 e. The number of carbonyl (C=O) groups is 1. The van der Waals surface area contributed by atoms with Gasteiger partial charge in [0.25, 0.3) is 0 Å². The van der Waals surface area contributed by atoms with Crippen LogP contribution in [0, 0.1) is 0 Å². The Balaban J connectivity index is 2.19. The first-order valence-electron chi connectivity index (χ1n) is 6.37. The molecule has 0 saturated carbocycles. The predicted molar refractivity (Wildman–Crippen MR) is 78.6 cm³/mol. The number of phenols is 1. The van der Waals surface area contributed by atoms with Gasteiger partial charge in [-0.3, -0.25) is 0 Å². The molecule has 3 heteroatoms. The number of ether oxygens (including phenoxy) is 1. The lowest BCUT2D eigenvalue weighted by Crippen LogP contribution is -2.04. The van der Waals surface area contributed by atoms with E-state index in [1.54, 1.807) is 43.3 Å². The lowest BCUT2D eigenvalue weighted by molar-refractivity contribution is 0.0526. The standard InChI is InChI=1S/C17H16O3/c1-3-20-17(19)15-6-4-13(5-7-15)12(2)14-8-10-16(18)11-9-14/h4-11,18H,2-3H2,1H3. The Labute approximate surface area is 118 Å². The summed E-state index contributed by atoms with van der Waals surface area (Å²) in [7, 11) is 0. The quantitative estimate of drug-likeness (QED) is 0.861. The Morgan fingerprint density at radius 1 is 1.00 bits per heavy atom. The molecule has 0 fully saturated rings. The summed E-state index contributed by atoms with van der Waals surface area (Å²) < 4.78 is 4.94. The summed E-state index contributed by atoms with van der Waals surface area (Å²) in [6.07, 6.45) is 0. The van der Waals surface area contributed by atoms with Crippen LogP contribution in [0.25, 0.3) is 5.57 Å². The fourth-order valence-corrected chi connectivity index (χ4v) is 1.85. The Hall–Kier alpha value is -2.55. The molecule has 1 N–H and O–H groups in total. The van der Waals surface area contributed by atoms with Crippen molar-refractivity contribution in [3.63, 3.8) is 0 Å². The molecule has 0 aliphatic carbocycles. The number of esters is 1. The molecule has 2 aromatic rings. The molecule has 0 spiro atoms. The van der Waals surface area contributed by atoms with Crippen LogP contribution in [0.1, 0.15) is 28.4 Å². The average molecular weight is 268 g/mol. The van der Waals surface area contributed by atoms with Crippen molar-refractivity contribution in [3.05, 3.63) is 71.8 Å². The first kappa shape index (κ1) is 13.9. The summed E-state index contributed by atoms with van der Waals surface area (Å²) in [5.74, 6) is -0.103. The molecule has 0 radical (unpaired) electrons. The van der Waals surface area contributed by atoms with Gasteiger partial charge in [-0.15, -0.1) is 0 Å². The summed E-state index contributed by atoms with van der Waals surface area (Å²) in [5.41, 5.74) is 3.20. The molecule has 3 nitrogen and oxygen atoms in total. The highest BCUT2D eigenvalue weighted by molar-refractivity contribution is 5.90. The molecule has 0 aliphatic rings. The van der Waals surface area contributed by atoms with E-state index in [-0.39, 0.29) is 11.7 Å². The normalized spacial score (nSPS) is 10.1. The van der Waals surface area contributed by atoms with Crippen molar-refractivity contribution < 1.29 is 14.6 Å². The number of rotatable bonds is 4. The Morgan fingerprint density at radius 3 is 1.95 bits per heavy atom. The molecule has 102 valence electrons. The summed E-state index contributed by atoms with van der Waals surface area (Å²) in [6.45, 7) is 6.18. The summed E-state index contributed by atoms with van der Waals surface area (Å²) >= 11 is 0. The van der Waals surface area contributed by atoms with E-state index in [1.807, 2.05) is 12.1 Å². The van der Waals surface area contributed by atoms with Crippen molar-refractivity contribution in [2.75, 3.05) is 6.61 Å². The maximum Gasteiger partial charge on any atom is 0.338 e. The smallest absolute Gasteiger partial charge is 0.338 e. The van der Waals surface area contributed by atoms with E-state index in [1.165, 1.54) is 0 Å². The minimum atomic E-state index is -0.325. The van der Waals surface area contributed by atoms with Crippen LogP contribution in [0.3, 0.4) is 0 Å². The van der Waals surface area contributed by atoms with E-state index in [2.05, 4.69) is 6.58 Å². The highest BCUT2D eigenvalue weighted by atomic mass is 16.5. The van der Waals surface area contributed by atoms with E-state index in [0.29, 0.717) is 12.2 Å². The zero-order valence-corrected chi connectivity index (χ0v) is 11.3. The zero-order chi connectivity index (χ0) is 14.5. The Morgan fingerprint density at radius 2 is 1.45 bits per heavy atom. The van der Waals surface area contributed by atoms with Gasteiger partial charge in [-0.1, -0.05) is 30.8 Å². The second-order valence-corrected chi connectivity index (χ2v) is 4.32. The molecular formula is C17H16O3. The topological polar surface area (TPSA) is 46.5 Å². The lowest BCUT2D eigenvalue weighted by Gasteiger charge is -2.08. The monoisotopic (exact) mass is 268 g/mol. The Kier molecular flexibility index (Phi) is 4.20. The van der Waals surface area contributed by atoms with Gasteiger partial charge >= 0.3 is 5.97 Å². The van der Waals surface area contributed by atoms with Crippen molar-refractivity contribution in [1.29, 1.82) is 0 Å². The largest absolute Gasteiger partial charge is 0.508 e. The van der Waals surface area contributed by atoms with Gasteiger partial charge in [0, 0.05) is 0 Å². The lowest BCUT2D eigenvalue weighted by atomic mass is 9.98. The number of carbonyl (C=O) groups excluding carboxylic acids is 1. The van der Waals surface area contributed by atoms with Crippen LogP contribution in [-0.4, -0.2) is 17.7 Å². The van der Waals surface area contributed by atoms with Crippen molar-refractivity contribution in [1.82, 2.24) is 0 Å². The van der Waals surface area contributed by atoms with Crippen LogP contribution in [-0.2, 0) is 4.74 Å².